The fourth-order valence-electron chi connectivity index (χ4n) is 0.807. The van der Waals surface area contributed by atoms with Crippen LogP contribution in [0.25, 0.3) is 0 Å². The SMILES string of the molecule is NC(=O)CC#Cc1ccc(Cl)c(Cl)c1. The van der Waals surface area contributed by atoms with Crippen LogP contribution in [0.15, 0.2) is 18.2 Å². The molecule has 0 aliphatic heterocycles. The fraction of sp³-hybridized carbons (Fsp3) is 0.100. The highest BCUT2D eigenvalue weighted by molar-refractivity contribution is 6.42. The van der Waals surface area contributed by atoms with Gasteiger partial charge in [-0.15, -0.1) is 0 Å². The molecule has 2 nitrogen and oxygen atoms in total. The molecule has 1 amide bonds. The highest BCUT2D eigenvalue weighted by Crippen LogP contribution is 2.21. The van der Waals surface area contributed by atoms with Crippen molar-refractivity contribution in [3.05, 3.63) is 33.8 Å². The molecule has 72 valence electrons. The van der Waals surface area contributed by atoms with Crippen molar-refractivity contribution in [1.82, 2.24) is 0 Å². The Morgan fingerprint density at radius 3 is 2.64 bits per heavy atom. The minimum Gasteiger partial charge on any atom is -0.369 e. The summed E-state index contributed by atoms with van der Waals surface area (Å²) in [6.07, 6.45) is 0.0419. The number of hydrogen-bond donors (Lipinski definition) is 1. The van der Waals surface area contributed by atoms with Gasteiger partial charge >= 0.3 is 0 Å². The number of amides is 1. The summed E-state index contributed by atoms with van der Waals surface area (Å²) in [6, 6.07) is 5.01. The van der Waals surface area contributed by atoms with E-state index in [1.54, 1.807) is 18.2 Å². The molecular formula is C10H7Cl2NO. The van der Waals surface area contributed by atoms with Gasteiger partial charge in [-0.2, -0.15) is 0 Å². The first-order valence-electron chi connectivity index (χ1n) is 3.82. The maximum atomic E-state index is 10.4. The fourth-order valence-corrected chi connectivity index (χ4v) is 1.11. The zero-order chi connectivity index (χ0) is 10.6. The van der Waals surface area contributed by atoms with Crippen LogP contribution in [0.2, 0.25) is 10.0 Å². The van der Waals surface area contributed by atoms with Gasteiger partial charge in [-0.25, -0.2) is 0 Å². The summed E-state index contributed by atoms with van der Waals surface area (Å²) in [5, 5.41) is 0.921. The molecule has 0 unspecified atom stereocenters. The quantitative estimate of drug-likeness (QED) is 0.735. The van der Waals surface area contributed by atoms with Crippen molar-refractivity contribution in [1.29, 1.82) is 0 Å². The Bertz CT molecular complexity index is 418. The number of carbonyl (C=O) groups excluding carboxylic acids is 1. The summed E-state index contributed by atoms with van der Waals surface area (Å²) in [7, 11) is 0. The lowest BCUT2D eigenvalue weighted by atomic mass is 10.2. The number of benzene rings is 1. The Labute approximate surface area is 92.0 Å². The second-order valence-electron chi connectivity index (χ2n) is 2.57. The van der Waals surface area contributed by atoms with E-state index in [9.17, 15) is 4.79 Å². The van der Waals surface area contributed by atoms with Crippen LogP contribution in [0.5, 0.6) is 0 Å². The number of nitrogens with two attached hydrogens (primary N) is 1. The second-order valence-corrected chi connectivity index (χ2v) is 3.39. The Balaban J connectivity index is 2.81. The van der Waals surface area contributed by atoms with Crippen molar-refractivity contribution in [3.63, 3.8) is 0 Å². The Morgan fingerprint density at radius 2 is 2.07 bits per heavy atom. The molecule has 0 aliphatic carbocycles. The van der Waals surface area contributed by atoms with Gasteiger partial charge in [0.1, 0.15) is 0 Å². The van der Waals surface area contributed by atoms with Crippen molar-refractivity contribution in [2.45, 2.75) is 6.42 Å². The van der Waals surface area contributed by atoms with Crippen molar-refractivity contribution in [3.8, 4) is 11.8 Å². The maximum absolute atomic E-state index is 10.4. The highest BCUT2D eigenvalue weighted by atomic mass is 35.5. The van der Waals surface area contributed by atoms with Crippen molar-refractivity contribution >= 4 is 29.1 Å². The van der Waals surface area contributed by atoms with E-state index >= 15 is 0 Å². The number of primary amides is 1. The predicted octanol–water partition coefficient (Wildman–Crippen LogP) is 2.22. The molecule has 0 radical (unpaired) electrons. The second kappa shape index (κ2) is 4.90. The van der Waals surface area contributed by atoms with Crippen LogP contribution in [-0.4, -0.2) is 5.91 Å². The van der Waals surface area contributed by atoms with Gasteiger partial charge in [-0.05, 0) is 18.2 Å². The predicted molar refractivity (Wildman–Crippen MR) is 57.2 cm³/mol. The van der Waals surface area contributed by atoms with Gasteiger partial charge in [-0.3, -0.25) is 4.79 Å². The normalized spacial score (nSPS) is 9.00. The molecule has 14 heavy (non-hydrogen) atoms. The Kier molecular flexibility index (Phi) is 3.82. The summed E-state index contributed by atoms with van der Waals surface area (Å²) < 4.78 is 0. The molecule has 2 N–H and O–H groups in total. The average Bonchev–Trinajstić information content (AvgIpc) is 2.10. The number of hydrogen-bond acceptors (Lipinski definition) is 1. The van der Waals surface area contributed by atoms with E-state index in [0.29, 0.717) is 15.6 Å². The van der Waals surface area contributed by atoms with Crippen LogP contribution in [0.1, 0.15) is 12.0 Å². The third-order valence-corrected chi connectivity index (χ3v) is 2.15. The van der Waals surface area contributed by atoms with Crippen LogP contribution in [-0.2, 0) is 4.79 Å². The monoisotopic (exact) mass is 227 g/mol. The van der Waals surface area contributed by atoms with E-state index < -0.39 is 5.91 Å². The molecule has 0 spiro atoms. The molecule has 0 atom stereocenters. The van der Waals surface area contributed by atoms with Crippen LogP contribution >= 0.6 is 23.2 Å². The van der Waals surface area contributed by atoms with E-state index in [1.165, 1.54) is 0 Å². The first-order valence-corrected chi connectivity index (χ1v) is 4.57. The molecule has 1 aromatic carbocycles. The van der Waals surface area contributed by atoms with E-state index in [4.69, 9.17) is 28.9 Å². The number of carbonyl (C=O) groups is 1. The first kappa shape index (κ1) is 10.9. The molecule has 0 saturated carbocycles. The third-order valence-electron chi connectivity index (χ3n) is 1.41. The molecule has 0 aliphatic rings. The van der Waals surface area contributed by atoms with E-state index in [-0.39, 0.29) is 6.42 Å². The van der Waals surface area contributed by atoms with Crippen LogP contribution in [0.3, 0.4) is 0 Å². The third kappa shape index (κ3) is 3.29. The number of rotatable bonds is 1. The highest BCUT2D eigenvalue weighted by Gasteiger charge is 1.96. The molecular weight excluding hydrogens is 221 g/mol. The molecule has 1 aromatic rings. The number of halogens is 2. The van der Waals surface area contributed by atoms with Gasteiger partial charge in [-0.1, -0.05) is 35.0 Å². The van der Waals surface area contributed by atoms with Gasteiger partial charge in [0.25, 0.3) is 0 Å². The minimum absolute atomic E-state index is 0.0419. The minimum atomic E-state index is -0.447. The molecule has 0 bridgehead atoms. The topological polar surface area (TPSA) is 43.1 Å². The zero-order valence-electron chi connectivity index (χ0n) is 7.18. The van der Waals surface area contributed by atoms with E-state index in [2.05, 4.69) is 11.8 Å². The van der Waals surface area contributed by atoms with Gasteiger partial charge < -0.3 is 5.73 Å². The lowest BCUT2D eigenvalue weighted by molar-refractivity contribution is -0.117. The van der Waals surface area contributed by atoms with Crippen LogP contribution < -0.4 is 5.73 Å². The van der Waals surface area contributed by atoms with Crippen LogP contribution in [0, 0.1) is 11.8 Å². The van der Waals surface area contributed by atoms with Gasteiger partial charge in [0.15, 0.2) is 0 Å². The lowest BCUT2D eigenvalue weighted by Gasteiger charge is -1.94. The zero-order valence-corrected chi connectivity index (χ0v) is 8.69. The molecule has 0 saturated heterocycles. The molecule has 0 heterocycles. The van der Waals surface area contributed by atoms with Gasteiger partial charge in [0, 0.05) is 5.56 Å². The Morgan fingerprint density at radius 1 is 1.36 bits per heavy atom. The van der Waals surface area contributed by atoms with Crippen molar-refractivity contribution in [2.75, 3.05) is 0 Å². The Hall–Kier alpha value is -1.17. The maximum Gasteiger partial charge on any atom is 0.229 e. The van der Waals surface area contributed by atoms with E-state index in [1.807, 2.05) is 0 Å². The molecule has 4 heteroatoms. The van der Waals surface area contributed by atoms with Crippen molar-refractivity contribution in [2.24, 2.45) is 5.73 Å². The largest absolute Gasteiger partial charge is 0.369 e. The smallest absolute Gasteiger partial charge is 0.229 e. The van der Waals surface area contributed by atoms with Crippen LogP contribution in [0.4, 0.5) is 0 Å². The summed E-state index contributed by atoms with van der Waals surface area (Å²) in [5.41, 5.74) is 5.63. The molecule has 0 fully saturated rings. The summed E-state index contributed by atoms with van der Waals surface area (Å²) in [5.74, 6) is 4.92. The average molecular weight is 228 g/mol. The lowest BCUT2D eigenvalue weighted by Crippen LogP contribution is -2.08. The summed E-state index contributed by atoms with van der Waals surface area (Å²) in [6.45, 7) is 0. The van der Waals surface area contributed by atoms with Gasteiger partial charge in [0.2, 0.25) is 5.91 Å². The van der Waals surface area contributed by atoms with Gasteiger partial charge in [0.05, 0.1) is 16.5 Å². The van der Waals surface area contributed by atoms with E-state index in [0.717, 1.165) is 0 Å². The molecule has 0 aromatic heterocycles. The summed E-state index contributed by atoms with van der Waals surface area (Å²) >= 11 is 11.5. The van der Waals surface area contributed by atoms with Crippen molar-refractivity contribution < 1.29 is 4.79 Å². The first-order chi connectivity index (χ1) is 6.59. The standard InChI is InChI=1S/C10H7Cl2NO/c11-8-5-4-7(6-9(8)12)2-1-3-10(13)14/h4-6H,3H2,(H2,13,14). The summed E-state index contributed by atoms with van der Waals surface area (Å²) in [4.78, 5) is 10.4. The molecule has 1 rings (SSSR count).